The minimum absolute atomic E-state index is 0.00495. The van der Waals surface area contributed by atoms with E-state index in [1.807, 2.05) is 53.4 Å². The number of primary amides is 1. The van der Waals surface area contributed by atoms with Crippen LogP contribution in [0, 0.1) is 0 Å². The SMILES string of the molecule is COc1cccc(-c2cc(C(N)=O)c3[nH]c4cc(C(=O)N5CCC(N)CC5)ccc4c3c2)c1. The average molecular weight is 443 g/mol. The summed E-state index contributed by atoms with van der Waals surface area (Å²) in [6.45, 7) is 1.33. The normalized spacial score (nSPS) is 14.7. The molecule has 2 amide bonds. The Morgan fingerprint density at radius 2 is 1.79 bits per heavy atom. The van der Waals surface area contributed by atoms with Gasteiger partial charge in [0.15, 0.2) is 0 Å². The molecule has 7 heteroatoms. The first-order valence-electron chi connectivity index (χ1n) is 11.0. The first-order valence-corrected chi connectivity index (χ1v) is 11.0. The highest BCUT2D eigenvalue weighted by Gasteiger charge is 2.22. The van der Waals surface area contributed by atoms with Gasteiger partial charge >= 0.3 is 0 Å². The molecule has 1 fully saturated rings. The number of rotatable bonds is 4. The van der Waals surface area contributed by atoms with Gasteiger partial charge in [0, 0.05) is 41.0 Å². The number of ether oxygens (including phenoxy) is 1. The van der Waals surface area contributed by atoms with Crippen LogP contribution in [0.3, 0.4) is 0 Å². The second kappa shape index (κ2) is 8.26. The molecule has 4 aromatic rings. The Morgan fingerprint density at radius 1 is 1.00 bits per heavy atom. The van der Waals surface area contributed by atoms with E-state index in [0.29, 0.717) is 29.7 Å². The van der Waals surface area contributed by atoms with Crippen LogP contribution in [-0.2, 0) is 0 Å². The van der Waals surface area contributed by atoms with Crippen molar-refractivity contribution in [1.29, 1.82) is 0 Å². The zero-order valence-corrected chi connectivity index (χ0v) is 18.4. The number of fused-ring (bicyclic) bond motifs is 3. The van der Waals surface area contributed by atoms with Gasteiger partial charge in [0.1, 0.15) is 5.75 Å². The van der Waals surface area contributed by atoms with E-state index in [4.69, 9.17) is 16.2 Å². The highest BCUT2D eigenvalue weighted by Crippen LogP contribution is 2.34. The number of carbonyl (C=O) groups is 2. The van der Waals surface area contributed by atoms with Crippen molar-refractivity contribution in [3.63, 3.8) is 0 Å². The van der Waals surface area contributed by atoms with Crippen LogP contribution >= 0.6 is 0 Å². The molecule has 3 aromatic carbocycles. The van der Waals surface area contributed by atoms with Crippen molar-refractivity contribution in [2.45, 2.75) is 18.9 Å². The molecular formula is C26H26N4O3. The Kier molecular flexibility index (Phi) is 5.26. The number of nitrogens with zero attached hydrogens (tertiary/aromatic N) is 1. The number of hydrogen-bond donors (Lipinski definition) is 3. The third-order valence-electron chi connectivity index (χ3n) is 6.45. The molecule has 0 aliphatic carbocycles. The lowest BCUT2D eigenvalue weighted by Gasteiger charge is -2.30. The van der Waals surface area contributed by atoms with Crippen LogP contribution in [0.15, 0.2) is 54.6 Å². The fourth-order valence-corrected chi connectivity index (χ4v) is 4.59. The maximum absolute atomic E-state index is 13.0. The summed E-state index contributed by atoms with van der Waals surface area (Å²) in [5.74, 6) is 0.209. The summed E-state index contributed by atoms with van der Waals surface area (Å²) in [4.78, 5) is 30.5. The first-order chi connectivity index (χ1) is 15.9. The molecule has 1 aliphatic rings. The zero-order valence-electron chi connectivity index (χ0n) is 18.4. The summed E-state index contributed by atoms with van der Waals surface area (Å²) in [5.41, 5.74) is 16.0. The number of nitrogens with one attached hydrogen (secondary N) is 1. The van der Waals surface area contributed by atoms with Crippen molar-refractivity contribution in [2.24, 2.45) is 11.5 Å². The number of piperidine rings is 1. The molecule has 1 aliphatic heterocycles. The molecule has 1 aromatic heterocycles. The molecule has 5 N–H and O–H groups in total. The van der Waals surface area contributed by atoms with Gasteiger partial charge in [-0.3, -0.25) is 9.59 Å². The Morgan fingerprint density at radius 3 is 2.52 bits per heavy atom. The smallest absolute Gasteiger partial charge is 0.253 e. The summed E-state index contributed by atoms with van der Waals surface area (Å²) in [6, 6.07) is 17.3. The highest BCUT2D eigenvalue weighted by molar-refractivity contribution is 6.17. The number of aromatic nitrogens is 1. The number of likely N-dealkylation sites (tertiary alicyclic amines) is 1. The fraction of sp³-hybridized carbons (Fsp3) is 0.231. The van der Waals surface area contributed by atoms with E-state index >= 15 is 0 Å². The number of benzene rings is 3. The molecule has 0 atom stereocenters. The number of H-pyrrole nitrogens is 1. The van der Waals surface area contributed by atoms with Crippen LogP contribution in [0.25, 0.3) is 32.9 Å². The first kappa shape index (κ1) is 21.0. The number of carbonyl (C=O) groups excluding carboxylic acids is 2. The van der Waals surface area contributed by atoms with Gasteiger partial charge in [0.25, 0.3) is 11.8 Å². The van der Waals surface area contributed by atoms with Crippen LogP contribution < -0.4 is 16.2 Å². The van der Waals surface area contributed by atoms with Gasteiger partial charge in [-0.1, -0.05) is 18.2 Å². The topological polar surface area (TPSA) is 114 Å². The second-order valence-electron chi connectivity index (χ2n) is 8.56. The molecular weight excluding hydrogens is 416 g/mol. The molecule has 0 radical (unpaired) electrons. The predicted molar refractivity (Wildman–Crippen MR) is 129 cm³/mol. The second-order valence-corrected chi connectivity index (χ2v) is 8.56. The zero-order chi connectivity index (χ0) is 23.1. The lowest BCUT2D eigenvalue weighted by Crippen LogP contribution is -2.42. The summed E-state index contributed by atoms with van der Waals surface area (Å²) < 4.78 is 5.35. The Balaban J connectivity index is 1.61. The molecule has 168 valence electrons. The molecule has 33 heavy (non-hydrogen) atoms. The van der Waals surface area contributed by atoms with Gasteiger partial charge in [-0.25, -0.2) is 0 Å². The Labute approximate surface area is 191 Å². The maximum Gasteiger partial charge on any atom is 0.253 e. The van der Waals surface area contributed by atoms with Crippen molar-refractivity contribution in [3.05, 3.63) is 65.7 Å². The standard InChI is InChI=1S/C26H26N4O3/c1-33-19-4-2-3-15(11-19)17-12-21-20-6-5-16(26(32)30-9-7-18(27)8-10-30)14-23(20)29-24(21)22(13-17)25(28)31/h2-6,11-14,18,29H,7-10,27H2,1H3,(H2,28,31). The van der Waals surface area contributed by atoms with E-state index in [0.717, 1.165) is 46.0 Å². The van der Waals surface area contributed by atoms with Crippen molar-refractivity contribution < 1.29 is 14.3 Å². The van der Waals surface area contributed by atoms with Gasteiger partial charge in [0.05, 0.1) is 18.2 Å². The number of hydrogen-bond acceptors (Lipinski definition) is 4. The van der Waals surface area contributed by atoms with E-state index in [1.165, 1.54) is 0 Å². The molecule has 0 spiro atoms. The average Bonchev–Trinajstić information content (AvgIpc) is 3.21. The van der Waals surface area contributed by atoms with Gasteiger partial charge in [-0.05, 0) is 60.4 Å². The van der Waals surface area contributed by atoms with Gasteiger partial charge < -0.3 is 26.1 Å². The predicted octanol–water partition coefficient (Wildman–Crippen LogP) is 3.66. The molecule has 5 rings (SSSR count). The number of amides is 2. The van der Waals surface area contributed by atoms with Crippen LogP contribution in [0.5, 0.6) is 5.75 Å². The quantitative estimate of drug-likeness (QED) is 0.447. The van der Waals surface area contributed by atoms with E-state index in [1.54, 1.807) is 13.2 Å². The molecule has 0 saturated carbocycles. The molecule has 7 nitrogen and oxygen atoms in total. The minimum atomic E-state index is -0.516. The van der Waals surface area contributed by atoms with Crippen molar-refractivity contribution >= 4 is 33.6 Å². The van der Waals surface area contributed by atoms with Gasteiger partial charge in [0.2, 0.25) is 0 Å². The summed E-state index contributed by atoms with van der Waals surface area (Å²) in [7, 11) is 1.62. The molecule has 0 bridgehead atoms. The van der Waals surface area contributed by atoms with Crippen LogP contribution in [-0.4, -0.2) is 47.9 Å². The highest BCUT2D eigenvalue weighted by atomic mass is 16.5. The minimum Gasteiger partial charge on any atom is -0.497 e. The van der Waals surface area contributed by atoms with Crippen molar-refractivity contribution in [3.8, 4) is 16.9 Å². The number of aromatic amines is 1. The molecule has 2 heterocycles. The van der Waals surface area contributed by atoms with Crippen molar-refractivity contribution in [2.75, 3.05) is 20.2 Å². The van der Waals surface area contributed by atoms with Crippen LogP contribution in [0.4, 0.5) is 0 Å². The van der Waals surface area contributed by atoms with Crippen LogP contribution in [0.1, 0.15) is 33.6 Å². The largest absolute Gasteiger partial charge is 0.497 e. The summed E-state index contributed by atoms with van der Waals surface area (Å²) >= 11 is 0. The summed E-state index contributed by atoms with van der Waals surface area (Å²) in [6.07, 6.45) is 1.63. The van der Waals surface area contributed by atoms with E-state index < -0.39 is 5.91 Å². The Hall–Kier alpha value is -3.84. The number of nitrogens with two attached hydrogens (primary N) is 2. The molecule has 1 saturated heterocycles. The van der Waals surface area contributed by atoms with Gasteiger partial charge in [-0.2, -0.15) is 0 Å². The lowest BCUT2D eigenvalue weighted by atomic mass is 9.98. The molecule has 0 unspecified atom stereocenters. The Bertz CT molecular complexity index is 1380. The third kappa shape index (κ3) is 3.81. The summed E-state index contributed by atoms with van der Waals surface area (Å²) in [5, 5.41) is 1.80. The van der Waals surface area contributed by atoms with Crippen LogP contribution in [0.2, 0.25) is 0 Å². The van der Waals surface area contributed by atoms with Gasteiger partial charge in [-0.15, -0.1) is 0 Å². The monoisotopic (exact) mass is 442 g/mol. The maximum atomic E-state index is 13.0. The van der Waals surface area contributed by atoms with E-state index in [2.05, 4.69) is 4.98 Å². The van der Waals surface area contributed by atoms with E-state index in [9.17, 15) is 9.59 Å². The third-order valence-corrected chi connectivity index (χ3v) is 6.45. The van der Waals surface area contributed by atoms with E-state index in [-0.39, 0.29) is 11.9 Å². The number of methoxy groups -OCH3 is 1. The lowest BCUT2D eigenvalue weighted by molar-refractivity contribution is 0.0714. The fourth-order valence-electron chi connectivity index (χ4n) is 4.59. The van der Waals surface area contributed by atoms with Crippen molar-refractivity contribution in [1.82, 2.24) is 9.88 Å².